The zero-order valence-corrected chi connectivity index (χ0v) is 10.2. The van der Waals surface area contributed by atoms with Gasteiger partial charge in [-0.15, -0.1) is 0 Å². The monoisotopic (exact) mass is 198 g/mol. The maximum atomic E-state index is 3.61. The minimum absolute atomic E-state index is 0.729. The number of nitrogens with one attached hydrogen (secondary N) is 1. The van der Waals surface area contributed by atoms with Crippen molar-refractivity contribution in [2.45, 2.75) is 52.6 Å². The van der Waals surface area contributed by atoms with Crippen molar-refractivity contribution < 1.29 is 0 Å². The molecule has 1 aliphatic rings. The van der Waals surface area contributed by atoms with Gasteiger partial charge in [0.1, 0.15) is 0 Å². The van der Waals surface area contributed by atoms with E-state index in [1.54, 1.807) is 0 Å². The van der Waals surface area contributed by atoms with Gasteiger partial charge in [-0.05, 0) is 32.2 Å². The predicted molar refractivity (Wildman–Crippen MR) is 62.6 cm³/mol. The van der Waals surface area contributed by atoms with E-state index < -0.39 is 0 Å². The van der Waals surface area contributed by atoms with Crippen LogP contribution in [-0.2, 0) is 0 Å². The molecule has 1 aliphatic heterocycles. The average molecular weight is 198 g/mol. The fourth-order valence-electron chi connectivity index (χ4n) is 2.13. The molecule has 2 unspecified atom stereocenters. The molecule has 1 N–H and O–H groups in total. The molecule has 2 heteroatoms. The Morgan fingerprint density at radius 1 is 1.29 bits per heavy atom. The maximum absolute atomic E-state index is 3.61. The van der Waals surface area contributed by atoms with Gasteiger partial charge < -0.3 is 5.32 Å². The smallest absolute Gasteiger partial charge is 0.0110 e. The van der Waals surface area contributed by atoms with Gasteiger partial charge in [0.2, 0.25) is 0 Å². The highest BCUT2D eigenvalue weighted by Crippen LogP contribution is 2.13. The van der Waals surface area contributed by atoms with Crippen molar-refractivity contribution in [3.05, 3.63) is 0 Å². The first-order valence-electron chi connectivity index (χ1n) is 6.12. The fourth-order valence-corrected chi connectivity index (χ4v) is 2.13. The van der Waals surface area contributed by atoms with E-state index in [1.807, 2.05) is 0 Å². The standard InChI is InChI=1S/C12H26N2/c1-5-12-6-8-14(9-7-13-12)11(4)10(2)3/h10-13H,5-9H2,1-4H3. The van der Waals surface area contributed by atoms with Crippen molar-refractivity contribution in [2.75, 3.05) is 19.6 Å². The molecule has 0 amide bonds. The summed E-state index contributed by atoms with van der Waals surface area (Å²) in [7, 11) is 0. The van der Waals surface area contributed by atoms with Gasteiger partial charge in [0.05, 0.1) is 0 Å². The molecule has 0 bridgehead atoms. The lowest BCUT2D eigenvalue weighted by atomic mass is 10.0. The Labute approximate surface area is 89.1 Å². The van der Waals surface area contributed by atoms with E-state index in [1.165, 1.54) is 25.9 Å². The topological polar surface area (TPSA) is 15.3 Å². The molecule has 2 nitrogen and oxygen atoms in total. The molecule has 0 radical (unpaired) electrons. The van der Waals surface area contributed by atoms with Crippen molar-refractivity contribution >= 4 is 0 Å². The number of hydrogen-bond acceptors (Lipinski definition) is 2. The van der Waals surface area contributed by atoms with Gasteiger partial charge in [0, 0.05) is 25.2 Å². The number of rotatable bonds is 3. The molecule has 1 rings (SSSR count). The van der Waals surface area contributed by atoms with Crippen molar-refractivity contribution in [3.63, 3.8) is 0 Å². The molecular formula is C12H26N2. The summed E-state index contributed by atoms with van der Waals surface area (Å²) < 4.78 is 0. The second-order valence-corrected chi connectivity index (χ2v) is 4.87. The first-order valence-corrected chi connectivity index (χ1v) is 6.12. The van der Waals surface area contributed by atoms with E-state index in [0.29, 0.717) is 0 Å². The maximum Gasteiger partial charge on any atom is 0.0110 e. The minimum Gasteiger partial charge on any atom is -0.313 e. The molecule has 0 aromatic carbocycles. The van der Waals surface area contributed by atoms with E-state index in [2.05, 4.69) is 37.9 Å². The van der Waals surface area contributed by atoms with Gasteiger partial charge in [0.25, 0.3) is 0 Å². The van der Waals surface area contributed by atoms with Crippen molar-refractivity contribution in [2.24, 2.45) is 5.92 Å². The van der Waals surface area contributed by atoms with Crippen LogP contribution in [-0.4, -0.2) is 36.6 Å². The van der Waals surface area contributed by atoms with Crippen LogP contribution >= 0.6 is 0 Å². The van der Waals surface area contributed by atoms with Crippen LogP contribution in [0.3, 0.4) is 0 Å². The third-order valence-electron chi connectivity index (χ3n) is 3.63. The summed E-state index contributed by atoms with van der Waals surface area (Å²) in [5.74, 6) is 0.771. The quantitative estimate of drug-likeness (QED) is 0.747. The molecule has 0 saturated carbocycles. The number of hydrogen-bond donors (Lipinski definition) is 1. The summed E-state index contributed by atoms with van der Waals surface area (Å²) >= 11 is 0. The molecule has 14 heavy (non-hydrogen) atoms. The Balaban J connectivity index is 2.41. The van der Waals surface area contributed by atoms with E-state index in [-0.39, 0.29) is 0 Å². The molecule has 1 saturated heterocycles. The summed E-state index contributed by atoms with van der Waals surface area (Å²) in [5, 5.41) is 3.61. The molecule has 1 heterocycles. The summed E-state index contributed by atoms with van der Waals surface area (Å²) in [6.07, 6.45) is 2.58. The molecule has 0 spiro atoms. The Hall–Kier alpha value is -0.0800. The minimum atomic E-state index is 0.729. The Morgan fingerprint density at radius 2 is 2.00 bits per heavy atom. The second kappa shape index (κ2) is 5.72. The van der Waals surface area contributed by atoms with Crippen LogP contribution in [0.2, 0.25) is 0 Å². The summed E-state index contributed by atoms with van der Waals surface area (Å²) in [5.41, 5.74) is 0. The Bertz CT molecular complexity index is 156. The molecule has 1 fully saturated rings. The van der Waals surface area contributed by atoms with Crippen LogP contribution < -0.4 is 5.32 Å². The van der Waals surface area contributed by atoms with Crippen molar-refractivity contribution in [1.29, 1.82) is 0 Å². The van der Waals surface area contributed by atoms with Gasteiger partial charge in [-0.2, -0.15) is 0 Å². The lowest BCUT2D eigenvalue weighted by Crippen LogP contribution is -2.39. The molecule has 0 aliphatic carbocycles. The molecular weight excluding hydrogens is 172 g/mol. The fraction of sp³-hybridized carbons (Fsp3) is 1.00. The lowest BCUT2D eigenvalue weighted by Gasteiger charge is -2.30. The first kappa shape index (κ1) is 12.0. The summed E-state index contributed by atoms with van der Waals surface area (Å²) in [4.78, 5) is 2.63. The third-order valence-corrected chi connectivity index (χ3v) is 3.63. The van der Waals surface area contributed by atoms with E-state index in [4.69, 9.17) is 0 Å². The SMILES string of the molecule is CCC1CCN(C(C)C(C)C)CCN1. The first-order chi connectivity index (χ1) is 6.65. The molecule has 0 aromatic rings. The van der Waals surface area contributed by atoms with Gasteiger partial charge in [0.15, 0.2) is 0 Å². The molecule has 2 atom stereocenters. The predicted octanol–water partition coefficient (Wildman–Crippen LogP) is 2.10. The van der Waals surface area contributed by atoms with Gasteiger partial charge >= 0.3 is 0 Å². The molecule has 84 valence electrons. The van der Waals surface area contributed by atoms with E-state index in [9.17, 15) is 0 Å². The van der Waals surface area contributed by atoms with E-state index >= 15 is 0 Å². The lowest BCUT2D eigenvalue weighted by molar-refractivity contribution is 0.178. The van der Waals surface area contributed by atoms with Crippen LogP contribution in [0.4, 0.5) is 0 Å². The van der Waals surface area contributed by atoms with Gasteiger partial charge in [-0.3, -0.25) is 4.90 Å². The van der Waals surface area contributed by atoms with Crippen LogP contribution in [0.1, 0.15) is 40.5 Å². The van der Waals surface area contributed by atoms with Gasteiger partial charge in [-0.1, -0.05) is 20.8 Å². The van der Waals surface area contributed by atoms with Crippen LogP contribution in [0.25, 0.3) is 0 Å². The van der Waals surface area contributed by atoms with Crippen LogP contribution in [0.15, 0.2) is 0 Å². The zero-order chi connectivity index (χ0) is 10.6. The van der Waals surface area contributed by atoms with Crippen molar-refractivity contribution in [1.82, 2.24) is 10.2 Å². The highest BCUT2D eigenvalue weighted by molar-refractivity contribution is 4.78. The summed E-state index contributed by atoms with van der Waals surface area (Å²) in [6, 6.07) is 1.48. The normalized spacial score (nSPS) is 27.6. The Kier molecular flexibility index (Phi) is 4.90. The van der Waals surface area contributed by atoms with Crippen LogP contribution in [0.5, 0.6) is 0 Å². The average Bonchev–Trinajstić information content (AvgIpc) is 2.41. The Morgan fingerprint density at radius 3 is 2.57 bits per heavy atom. The largest absolute Gasteiger partial charge is 0.313 e. The molecule has 0 aromatic heterocycles. The van der Waals surface area contributed by atoms with Gasteiger partial charge in [-0.25, -0.2) is 0 Å². The highest BCUT2D eigenvalue weighted by atomic mass is 15.2. The van der Waals surface area contributed by atoms with Crippen molar-refractivity contribution in [3.8, 4) is 0 Å². The second-order valence-electron chi connectivity index (χ2n) is 4.87. The highest BCUT2D eigenvalue weighted by Gasteiger charge is 2.20. The zero-order valence-electron chi connectivity index (χ0n) is 10.2. The number of nitrogens with zero attached hydrogens (tertiary/aromatic N) is 1. The van der Waals surface area contributed by atoms with E-state index in [0.717, 1.165) is 24.5 Å². The summed E-state index contributed by atoms with van der Waals surface area (Å²) in [6.45, 7) is 12.9. The van der Waals surface area contributed by atoms with Crippen LogP contribution in [0, 0.1) is 5.92 Å². The third kappa shape index (κ3) is 3.25.